The zero-order valence-corrected chi connectivity index (χ0v) is 24.0. The van der Waals surface area contributed by atoms with Crippen molar-refractivity contribution >= 4 is 45.6 Å². The molecule has 6 rings (SSSR count). The molecule has 0 atom stereocenters. The highest BCUT2D eigenvalue weighted by Crippen LogP contribution is 2.36. The summed E-state index contributed by atoms with van der Waals surface area (Å²) in [5.41, 5.74) is 5.69. The number of nitrogens with one attached hydrogen (secondary N) is 1. The maximum Gasteiger partial charge on any atom is 0.172 e. The number of rotatable bonds is 7. The first-order valence-electron chi connectivity index (χ1n) is 13.4. The molecule has 0 amide bonds. The number of nitriles is 1. The standard InChI is InChI=1S/C31H28ClN7OS/c1-38-13-10-34-31(38)41-29-7-5-23(15-27(29)32)37-30-22(16-33)18-36-28-14-20(3-6-26(28)30)21-2-4-24(35-17-21)19-39-11-8-25(40)9-12-39/h2-7,10,13-15,17-18,25,40H,8-9,11-12,19H2,1H3,(H,36,37). The van der Waals surface area contributed by atoms with Gasteiger partial charge in [0.1, 0.15) is 6.07 Å². The number of nitrogens with zero attached hydrogens (tertiary/aromatic N) is 6. The van der Waals surface area contributed by atoms with Crippen LogP contribution in [0.2, 0.25) is 5.02 Å². The van der Waals surface area contributed by atoms with Gasteiger partial charge >= 0.3 is 0 Å². The maximum absolute atomic E-state index is 9.82. The van der Waals surface area contributed by atoms with E-state index in [0.29, 0.717) is 16.3 Å². The summed E-state index contributed by atoms with van der Waals surface area (Å²) < 4.78 is 1.94. The minimum atomic E-state index is -0.178. The van der Waals surface area contributed by atoms with Gasteiger partial charge < -0.3 is 15.0 Å². The van der Waals surface area contributed by atoms with E-state index in [-0.39, 0.29) is 6.10 Å². The number of aryl methyl sites for hydroxylation is 1. The molecule has 1 saturated heterocycles. The predicted octanol–water partition coefficient (Wildman–Crippen LogP) is 6.41. The molecule has 1 aliphatic rings. The van der Waals surface area contributed by atoms with Gasteiger partial charge in [-0.25, -0.2) is 4.98 Å². The van der Waals surface area contributed by atoms with Crippen LogP contribution in [0, 0.1) is 11.3 Å². The normalized spacial score (nSPS) is 14.3. The van der Waals surface area contributed by atoms with Crippen molar-refractivity contribution in [1.29, 1.82) is 5.26 Å². The number of imidazole rings is 1. The number of aromatic nitrogens is 4. The molecule has 1 aliphatic heterocycles. The van der Waals surface area contributed by atoms with Crippen LogP contribution in [0.1, 0.15) is 24.1 Å². The molecule has 8 nitrogen and oxygen atoms in total. The second-order valence-electron chi connectivity index (χ2n) is 10.1. The summed E-state index contributed by atoms with van der Waals surface area (Å²) in [5.74, 6) is 0. The molecule has 41 heavy (non-hydrogen) atoms. The van der Waals surface area contributed by atoms with Gasteiger partial charge in [0.25, 0.3) is 0 Å². The van der Waals surface area contributed by atoms with E-state index in [9.17, 15) is 10.4 Å². The van der Waals surface area contributed by atoms with Crippen LogP contribution in [0.4, 0.5) is 11.4 Å². The third-order valence-corrected chi connectivity index (χ3v) is 8.85. The van der Waals surface area contributed by atoms with Crippen LogP contribution in [0.15, 0.2) is 83.4 Å². The quantitative estimate of drug-likeness (QED) is 0.227. The first-order chi connectivity index (χ1) is 20.0. The lowest BCUT2D eigenvalue weighted by Gasteiger charge is -2.29. The highest BCUT2D eigenvalue weighted by molar-refractivity contribution is 7.99. The SMILES string of the molecule is Cn1ccnc1Sc1ccc(Nc2c(C#N)cnc3cc(-c4ccc(CN5CCC(O)CC5)nc4)ccc23)cc1Cl. The number of halogens is 1. The number of aliphatic hydroxyl groups is 1. The summed E-state index contributed by atoms with van der Waals surface area (Å²) in [4.78, 5) is 16.8. The number of pyridine rings is 2. The lowest BCUT2D eigenvalue weighted by molar-refractivity contribution is 0.0787. The second kappa shape index (κ2) is 11.9. The van der Waals surface area contributed by atoms with Gasteiger partial charge in [0.2, 0.25) is 0 Å². The van der Waals surface area contributed by atoms with Gasteiger partial charge in [-0.3, -0.25) is 14.9 Å². The van der Waals surface area contributed by atoms with Gasteiger partial charge in [-0.15, -0.1) is 0 Å². The predicted molar refractivity (Wildman–Crippen MR) is 162 cm³/mol. The van der Waals surface area contributed by atoms with E-state index in [1.54, 1.807) is 12.4 Å². The summed E-state index contributed by atoms with van der Waals surface area (Å²) in [6, 6.07) is 18.2. The molecule has 0 spiro atoms. The van der Waals surface area contributed by atoms with Crippen molar-refractivity contribution in [2.45, 2.75) is 35.5 Å². The van der Waals surface area contributed by atoms with Gasteiger partial charge in [-0.1, -0.05) is 41.6 Å². The number of aliphatic hydroxyl groups excluding tert-OH is 1. The number of hydrogen-bond donors (Lipinski definition) is 2. The Labute approximate surface area is 247 Å². The van der Waals surface area contributed by atoms with Crippen LogP contribution in [0.3, 0.4) is 0 Å². The van der Waals surface area contributed by atoms with E-state index in [1.807, 2.05) is 60.4 Å². The Bertz CT molecular complexity index is 1740. The largest absolute Gasteiger partial charge is 0.393 e. The third-order valence-electron chi connectivity index (χ3n) is 7.27. The van der Waals surface area contributed by atoms with E-state index in [4.69, 9.17) is 16.6 Å². The second-order valence-corrected chi connectivity index (χ2v) is 11.5. The summed E-state index contributed by atoms with van der Waals surface area (Å²) in [5, 5.41) is 25.3. The van der Waals surface area contributed by atoms with Gasteiger partial charge in [0, 0.05) is 73.0 Å². The summed E-state index contributed by atoms with van der Waals surface area (Å²) >= 11 is 8.12. The van der Waals surface area contributed by atoms with Gasteiger partial charge in [-0.2, -0.15) is 5.26 Å². The first kappa shape index (κ1) is 27.2. The molecular formula is C31H28ClN7OS. The number of fused-ring (bicyclic) bond motifs is 1. The Morgan fingerprint density at radius 3 is 2.59 bits per heavy atom. The highest BCUT2D eigenvalue weighted by Gasteiger charge is 2.17. The smallest absolute Gasteiger partial charge is 0.172 e. The summed E-state index contributed by atoms with van der Waals surface area (Å²) in [7, 11) is 1.94. The van der Waals surface area contributed by atoms with Crippen LogP contribution in [-0.2, 0) is 13.6 Å². The van der Waals surface area contributed by atoms with E-state index in [2.05, 4.69) is 38.4 Å². The molecule has 0 aliphatic carbocycles. The van der Waals surface area contributed by atoms with Crippen molar-refractivity contribution in [2.24, 2.45) is 7.05 Å². The Hall–Kier alpha value is -3.94. The molecule has 10 heteroatoms. The molecule has 0 saturated carbocycles. The molecule has 0 unspecified atom stereocenters. The van der Waals surface area contributed by atoms with E-state index >= 15 is 0 Å². The average Bonchev–Trinajstić information content (AvgIpc) is 3.40. The van der Waals surface area contributed by atoms with Gasteiger partial charge in [0.05, 0.1) is 33.6 Å². The van der Waals surface area contributed by atoms with Crippen LogP contribution in [0.5, 0.6) is 0 Å². The topological polar surface area (TPSA) is 103 Å². The molecule has 206 valence electrons. The molecule has 2 aromatic carbocycles. The summed E-state index contributed by atoms with van der Waals surface area (Å²) in [6.07, 6.45) is 8.59. The fourth-order valence-corrected chi connectivity index (χ4v) is 6.05. The Morgan fingerprint density at radius 1 is 1.05 bits per heavy atom. The number of anilines is 2. The number of likely N-dealkylation sites (tertiary alicyclic amines) is 1. The minimum absolute atomic E-state index is 0.178. The molecule has 4 heterocycles. The van der Waals surface area contributed by atoms with Crippen molar-refractivity contribution in [3.8, 4) is 17.2 Å². The van der Waals surface area contributed by atoms with Crippen molar-refractivity contribution in [3.05, 3.63) is 89.6 Å². The third kappa shape index (κ3) is 6.06. The Kier molecular flexibility index (Phi) is 7.90. The number of piperidine rings is 1. The molecule has 1 fully saturated rings. The molecule has 5 aromatic rings. The number of benzene rings is 2. The molecule has 2 N–H and O–H groups in total. The fourth-order valence-electron chi connectivity index (χ4n) is 4.94. The average molecular weight is 582 g/mol. The Balaban J connectivity index is 1.22. The van der Waals surface area contributed by atoms with Crippen LogP contribution in [-0.4, -0.2) is 48.7 Å². The number of hydrogen-bond acceptors (Lipinski definition) is 8. The van der Waals surface area contributed by atoms with Crippen molar-refractivity contribution < 1.29 is 5.11 Å². The minimum Gasteiger partial charge on any atom is -0.393 e. The van der Waals surface area contributed by atoms with E-state index < -0.39 is 0 Å². The summed E-state index contributed by atoms with van der Waals surface area (Å²) in [6.45, 7) is 2.57. The fraction of sp³-hybridized carbons (Fsp3) is 0.226. The van der Waals surface area contributed by atoms with Crippen molar-refractivity contribution in [3.63, 3.8) is 0 Å². The zero-order chi connectivity index (χ0) is 28.3. The van der Waals surface area contributed by atoms with Crippen molar-refractivity contribution in [2.75, 3.05) is 18.4 Å². The van der Waals surface area contributed by atoms with Gasteiger partial charge in [-0.05, 0) is 48.7 Å². The molecular weight excluding hydrogens is 554 g/mol. The monoisotopic (exact) mass is 581 g/mol. The molecule has 3 aromatic heterocycles. The van der Waals surface area contributed by atoms with Gasteiger partial charge in [0.15, 0.2) is 5.16 Å². The van der Waals surface area contributed by atoms with Crippen LogP contribution < -0.4 is 5.32 Å². The first-order valence-corrected chi connectivity index (χ1v) is 14.6. The van der Waals surface area contributed by atoms with Crippen LogP contribution >= 0.6 is 23.4 Å². The Morgan fingerprint density at radius 2 is 1.88 bits per heavy atom. The van der Waals surface area contributed by atoms with E-state index in [1.165, 1.54) is 11.8 Å². The lowest BCUT2D eigenvalue weighted by atomic mass is 10.0. The van der Waals surface area contributed by atoms with Crippen LogP contribution in [0.25, 0.3) is 22.0 Å². The molecule has 0 bridgehead atoms. The highest BCUT2D eigenvalue weighted by atomic mass is 35.5. The molecule has 0 radical (unpaired) electrons. The van der Waals surface area contributed by atoms with E-state index in [0.717, 1.165) is 75.9 Å². The maximum atomic E-state index is 9.82. The zero-order valence-electron chi connectivity index (χ0n) is 22.5. The van der Waals surface area contributed by atoms with Crippen molar-refractivity contribution in [1.82, 2.24) is 24.4 Å². The lowest BCUT2D eigenvalue weighted by Crippen LogP contribution is -2.35.